The molecule has 3 atom stereocenters. The Hall–Kier alpha value is -2.68. The highest BCUT2D eigenvalue weighted by Crippen LogP contribution is 2.21. The van der Waals surface area contributed by atoms with Crippen molar-refractivity contribution < 1.29 is 43.2 Å². The van der Waals surface area contributed by atoms with Gasteiger partial charge in [0, 0.05) is 37.0 Å². The van der Waals surface area contributed by atoms with Gasteiger partial charge >= 0.3 is 23.9 Å². The molecule has 9 heteroatoms. The highest BCUT2D eigenvalue weighted by molar-refractivity contribution is 5.87. The van der Waals surface area contributed by atoms with Crippen LogP contribution in [0.5, 0.6) is 0 Å². The summed E-state index contributed by atoms with van der Waals surface area (Å²) >= 11 is 0. The summed E-state index contributed by atoms with van der Waals surface area (Å²) in [7, 11) is 0. The van der Waals surface area contributed by atoms with Crippen LogP contribution in [0.2, 0.25) is 0 Å². The van der Waals surface area contributed by atoms with E-state index in [4.69, 9.17) is 24.1 Å². The molecule has 0 radical (unpaired) electrons. The molecule has 9 nitrogen and oxygen atoms in total. The summed E-state index contributed by atoms with van der Waals surface area (Å²) in [6.45, 7) is 15.5. The quantitative estimate of drug-likeness (QED) is 0.170. The number of unbranched alkanes of at least 4 members (excludes halogenated alkanes) is 2. The zero-order chi connectivity index (χ0) is 26.8. The van der Waals surface area contributed by atoms with E-state index in [2.05, 4.69) is 20.1 Å². The number of carbonyl (C=O) groups excluding carboxylic acids is 3. The number of hydrogen-bond donors (Lipinski definition) is 1. The van der Waals surface area contributed by atoms with Gasteiger partial charge in [-0.3, -0.25) is 9.59 Å². The van der Waals surface area contributed by atoms with Gasteiger partial charge in [-0.25, -0.2) is 9.59 Å². The van der Waals surface area contributed by atoms with E-state index in [1.54, 1.807) is 13.8 Å². The van der Waals surface area contributed by atoms with Crippen molar-refractivity contribution in [2.75, 3.05) is 19.8 Å². The lowest BCUT2D eigenvalue weighted by Crippen LogP contribution is -2.22. The normalized spacial score (nSPS) is 19.3. The Kier molecular flexibility index (Phi) is 17.2. The zero-order valence-corrected chi connectivity index (χ0v) is 21.6. The van der Waals surface area contributed by atoms with Crippen molar-refractivity contribution >= 4 is 23.9 Å². The van der Waals surface area contributed by atoms with Crippen LogP contribution in [0.3, 0.4) is 0 Å². The third-order valence-corrected chi connectivity index (χ3v) is 4.95. The van der Waals surface area contributed by atoms with Crippen LogP contribution in [0.25, 0.3) is 0 Å². The molecule has 200 valence electrons. The molecule has 1 fully saturated rings. The molecule has 1 N–H and O–H groups in total. The van der Waals surface area contributed by atoms with E-state index >= 15 is 0 Å². The summed E-state index contributed by atoms with van der Waals surface area (Å²) in [4.78, 5) is 43.9. The van der Waals surface area contributed by atoms with E-state index in [-0.39, 0.29) is 37.2 Å². The van der Waals surface area contributed by atoms with Gasteiger partial charge in [-0.2, -0.15) is 0 Å². The van der Waals surface area contributed by atoms with E-state index in [0.717, 1.165) is 19.4 Å². The molecule has 1 heterocycles. The van der Waals surface area contributed by atoms with Gasteiger partial charge in [0.2, 0.25) is 0 Å². The molecule has 1 aliphatic heterocycles. The lowest BCUT2D eigenvalue weighted by molar-refractivity contribution is -0.150. The molecule has 35 heavy (non-hydrogen) atoms. The maximum atomic E-state index is 11.9. The Morgan fingerprint density at radius 3 is 1.86 bits per heavy atom. The molecule has 0 saturated carbocycles. The largest absolute Gasteiger partial charge is 0.481 e. The fourth-order valence-electron chi connectivity index (χ4n) is 3.05. The summed E-state index contributed by atoms with van der Waals surface area (Å²) in [5.41, 5.74) is 0.747. The number of carbonyl (C=O) groups is 4. The third-order valence-electron chi connectivity index (χ3n) is 4.95. The molecule has 0 bridgehead atoms. The van der Waals surface area contributed by atoms with Gasteiger partial charge in [0.05, 0.1) is 19.3 Å². The maximum absolute atomic E-state index is 11.9. The Bertz CT molecular complexity index is 702. The molecule has 1 unspecified atom stereocenters. The topological polar surface area (TPSA) is 125 Å². The second kappa shape index (κ2) is 18.6. The van der Waals surface area contributed by atoms with Gasteiger partial charge in [-0.15, -0.1) is 0 Å². The van der Waals surface area contributed by atoms with E-state index in [1.807, 2.05) is 6.92 Å². The van der Waals surface area contributed by atoms with Crippen molar-refractivity contribution in [2.45, 2.75) is 91.3 Å². The number of carboxylic acids is 1. The lowest BCUT2D eigenvalue weighted by atomic mass is 10.0. The Morgan fingerprint density at radius 1 is 0.857 bits per heavy atom. The van der Waals surface area contributed by atoms with Crippen molar-refractivity contribution in [2.24, 2.45) is 5.92 Å². The average molecular weight is 499 g/mol. The molecule has 1 rings (SSSR count). The molecule has 0 aromatic rings. The minimum atomic E-state index is -0.828. The monoisotopic (exact) mass is 498 g/mol. The van der Waals surface area contributed by atoms with Crippen LogP contribution < -0.4 is 0 Å². The first-order valence-electron chi connectivity index (χ1n) is 12.1. The SMILES string of the molecule is C=C(C)C(=O)OCCCCC(=O)O.C=C(C)C(=O)OCCCCC(=O)O[C@H]1CC(C)OC[C@@H](C)C1. The van der Waals surface area contributed by atoms with Crippen LogP contribution in [0.15, 0.2) is 24.3 Å². The van der Waals surface area contributed by atoms with Gasteiger partial charge in [-0.05, 0) is 58.8 Å². The van der Waals surface area contributed by atoms with Gasteiger partial charge < -0.3 is 24.1 Å². The van der Waals surface area contributed by atoms with Crippen molar-refractivity contribution in [1.82, 2.24) is 0 Å². The van der Waals surface area contributed by atoms with E-state index in [0.29, 0.717) is 55.8 Å². The third kappa shape index (κ3) is 18.3. The van der Waals surface area contributed by atoms with Crippen molar-refractivity contribution in [3.8, 4) is 0 Å². The second-order valence-electron chi connectivity index (χ2n) is 8.97. The van der Waals surface area contributed by atoms with Crippen molar-refractivity contribution in [3.05, 3.63) is 24.3 Å². The van der Waals surface area contributed by atoms with Crippen LogP contribution in [-0.2, 0) is 38.1 Å². The zero-order valence-electron chi connectivity index (χ0n) is 21.6. The van der Waals surface area contributed by atoms with E-state index in [9.17, 15) is 19.2 Å². The minimum absolute atomic E-state index is 0.0544. The molecular weight excluding hydrogens is 456 g/mol. The average Bonchev–Trinajstić information content (AvgIpc) is 2.92. The van der Waals surface area contributed by atoms with Crippen molar-refractivity contribution in [1.29, 1.82) is 0 Å². The fraction of sp³-hybridized carbons (Fsp3) is 0.692. The Labute approximate surface area is 208 Å². The number of rotatable bonds is 13. The molecule has 0 aliphatic carbocycles. The maximum Gasteiger partial charge on any atom is 0.333 e. The summed E-state index contributed by atoms with van der Waals surface area (Å²) in [6.07, 6.45) is 4.55. The van der Waals surface area contributed by atoms with Crippen LogP contribution in [0.4, 0.5) is 0 Å². The predicted octanol–water partition coefficient (Wildman–Crippen LogP) is 4.38. The van der Waals surface area contributed by atoms with Crippen LogP contribution in [0.1, 0.15) is 79.1 Å². The molecule has 0 aromatic carbocycles. The van der Waals surface area contributed by atoms with Crippen LogP contribution in [0, 0.1) is 5.92 Å². The van der Waals surface area contributed by atoms with Crippen LogP contribution in [-0.4, -0.2) is 61.0 Å². The fourth-order valence-corrected chi connectivity index (χ4v) is 3.05. The summed E-state index contributed by atoms with van der Waals surface area (Å²) in [5, 5.41) is 8.29. The predicted molar refractivity (Wildman–Crippen MR) is 131 cm³/mol. The number of aliphatic carboxylic acids is 1. The smallest absolute Gasteiger partial charge is 0.333 e. The Morgan fingerprint density at radius 2 is 1.37 bits per heavy atom. The molecule has 0 amide bonds. The molecule has 1 saturated heterocycles. The lowest BCUT2D eigenvalue weighted by Gasteiger charge is -2.18. The summed E-state index contributed by atoms with van der Waals surface area (Å²) in [5.74, 6) is -1.41. The first-order valence-corrected chi connectivity index (χ1v) is 12.1. The standard InChI is InChI=1S/C17H28O5.C9H14O4/c1-12(2)17(19)20-8-6-5-7-16(18)22-15-9-13(3)11-21-14(4)10-15;1-7(2)9(12)13-6-4-3-5-8(10)11/h13-15H,1,5-11H2,2-4H3;1,3-6H2,2H3,(H,10,11)/t13-,14?,15+;/m0./s1. The number of ether oxygens (including phenoxy) is 4. The summed E-state index contributed by atoms with van der Waals surface area (Å²) in [6, 6.07) is 0. The molecular formula is C26H42O9. The number of hydrogen-bond acceptors (Lipinski definition) is 8. The Balaban J connectivity index is 0.000000761. The minimum Gasteiger partial charge on any atom is -0.481 e. The van der Waals surface area contributed by atoms with Crippen molar-refractivity contribution in [3.63, 3.8) is 0 Å². The first kappa shape index (κ1) is 32.3. The van der Waals surface area contributed by atoms with Crippen LogP contribution >= 0.6 is 0 Å². The number of esters is 3. The molecule has 1 aliphatic rings. The van der Waals surface area contributed by atoms with Gasteiger partial charge in [0.1, 0.15) is 6.10 Å². The van der Waals surface area contributed by atoms with Gasteiger partial charge in [0.25, 0.3) is 0 Å². The molecule has 0 aromatic heterocycles. The molecule has 0 spiro atoms. The second-order valence-corrected chi connectivity index (χ2v) is 8.97. The van der Waals surface area contributed by atoms with Gasteiger partial charge in [0.15, 0.2) is 0 Å². The highest BCUT2D eigenvalue weighted by atomic mass is 16.6. The van der Waals surface area contributed by atoms with Gasteiger partial charge in [-0.1, -0.05) is 20.1 Å². The highest BCUT2D eigenvalue weighted by Gasteiger charge is 2.24. The first-order chi connectivity index (χ1) is 16.4. The number of carboxylic acid groups (broad SMARTS) is 1. The van der Waals surface area contributed by atoms with E-state index < -0.39 is 11.9 Å². The summed E-state index contributed by atoms with van der Waals surface area (Å²) < 4.78 is 20.9. The van der Waals surface area contributed by atoms with E-state index in [1.165, 1.54) is 0 Å².